The van der Waals surface area contributed by atoms with Crippen molar-refractivity contribution in [3.05, 3.63) is 0 Å². The number of nitrogens with one attached hydrogen (secondary N) is 2. The SMILES string of the molecule is [B]C(=O)N[C@H]1C[C@H](CN)NC1=S. The fourth-order valence-electron chi connectivity index (χ4n) is 1.20. The monoisotopic (exact) mass is 183 g/mol. The largest absolute Gasteiger partial charge is 0.374 e. The number of amides is 1. The highest BCUT2D eigenvalue weighted by Gasteiger charge is 2.27. The van der Waals surface area contributed by atoms with Crippen molar-refractivity contribution >= 4 is 30.9 Å². The Bertz CT molecular complexity index is 211. The van der Waals surface area contributed by atoms with Crippen LogP contribution in [0.3, 0.4) is 0 Å². The van der Waals surface area contributed by atoms with E-state index in [0.29, 0.717) is 11.5 Å². The maximum atomic E-state index is 10.5. The molecule has 0 bridgehead atoms. The van der Waals surface area contributed by atoms with Gasteiger partial charge in [-0.25, -0.2) is 0 Å². The van der Waals surface area contributed by atoms with Crippen LogP contribution in [-0.4, -0.2) is 37.3 Å². The van der Waals surface area contributed by atoms with Crippen molar-refractivity contribution in [2.24, 2.45) is 5.73 Å². The van der Waals surface area contributed by atoms with E-state index in [2.05, 4.69) is 10.6 Å². The van der Waals surface area contributed by atoms with E-state index in [4.69, 9.17) is 25.8 Å². The fourth-order valence-corrected chi connectivity index (χ4v) is 1.53. The lowest BCUT2D eigenvalue weighted by Crippen LogP contribution is -2.38. The summed E-state index contributed by atoms with van der Waals surface area (Å²) in [7, 11) is 4.95. The molecule has 0 aromatic rings. The molecule has 6 heteroatoms. The van der Waals surface area contributed by atoms with Gasteiger partial charge in [0.05, 0.1) is 11.0 Å². The molecule has 1 aliphatic rings. The summed E-state index contributed by atoms with van der Waals surface area (Å²) >= 11 is 4.97. The molecule has 12 heavy (non-hydrogen) atoms. The van der Waals surface area contributed by atoms with Crippen LogP contribution < -0.4 is 16.4 Å². The fraction of sp³-hybridized carbons (Fsp3) is 0.667. The van der Waals surface area contributed by atoms with Crippen molar-refractivity contribution in [3.8, 4) is 0 Å². The highest BCUT2D eigenvalue weighted by molar-refractivity contribution is 7.80. The zero-order valence-electron chi connectivity index (χ0n) is 6.54. The second kappa shape index (κ2) is 3.86. The van der Waals surface area contributed by atoms with Crippen molar-refractivity contribution in [2.45, 2.75) is 18.5 Å². The molecule has 0 aliphatic carbocycles. The van der Waals surface area contributed by atoms with Crippen LogP contribution in [0, 0.1) is 0 Å². The lowest BCUT2D eigenvalue weighted by atomic mass is 10.1. The van der Waals surface area contributed by atoms with Gasteiger partial charge >= 0.3 is 0 Å². The topological polar surface area (TPSA) is 67.2 Å². The minimum atomic E-state index is -0.554. The minimum absolute atomic E-state index is 0.147. The second-order valence-electron chi connectivity index (χ2n) is 2.74. The third kappa shape index (κ3) is 2.18. The van der Waals surface area contributed by atoms with Crippen molar-refractivity contribution < 1.29 is 4.79 Å². The number of thiocarbonyl (C=S) groups is 1. The van der Waals surface area contributed by atoms with Gasteiger partial charge in [0.25, 0.3) is 0 Å². The predicted molar refractivity (Wildman–Crippen MR) is 51.3 cm³/mol. The number of carbonyl (C=O) groups is 1. The van der Waals surface area contributed by atoms with E-state index in [1.54, 1.807) is 0 Å². The molecule has 0 saturated carbocycles. The Hall–Kier alpha value is -0.615. The Morgan fingerprint density at radius 2 is 2.58 bits per heavy atom. The first-order chi connectivity index (χ1) is 5.63. The average molecular weight is 183 g/mol. The molecular formula is C6H10BN3OS. The molecular weight excluding hydrogens is 173 g/mol. The van der Waals surface area contributed by atoms with Crippen LogP contribution in [0.2, 0.25) is 0 Å². The maximum Gasteiger partial charge on any atom is 0.200 e. The number of nitrogens with two attached hydrogens (primary N) is 1. The molecule has 1 rings (SSSR count). The molecule has 1 aliphatic heterocycles. The average Bonchev–Trinajstić information content (AvgIpc) is 2.31. The molecule has 4 N–H and O–H groups in total. The lowest BCUT2D eigenvalue weighted by Gasteiger charge is -2.08. The molecule has 0 unspecified atom stereocenters. The minimum Gasteiger partial charge on any atom is -0.374 e. The van der Waals surface area contributed by atoms with Crippen LogP contribution in [0.25, 0.3) is 0 Å². The Morgan fingerprint density at radius 1 is 1.92 bits per heavy atom. The van der Waals surface area contributed by atoms with Gasteiger partial charge in [-0.05, 0) is 6.42 Å². The summed E-state index contributed by atoms with van der Waals surface area (Å²) in [5.74, 6) is -0.554. The van der Waals surface area contributed by atoms with Gasteiger partial charge in [0.15, 0.2) is 5.81 Å². The smallest absolute Gasteiger partial charge is 0.200 e. The van der Waals surface area contributed by atoms with Crippen molar-refractivity contribution in [2.75, 3.05) is 6.54 Å². The van der Waals surface area contributed by atoms with Crippen LogP contribution >= 0.6 is 12.2 Å². The molecule has 1 saturated heterocycles. The molecule has 1 amide bonds. The van der Waals surface area contributed by atoms with Gasteiger partial charge in [-0.1, -0.05) is 12.2 Å². The van der Waals surface area contributed by atoms with Crippen LogP contribution in [0.5, 0.6) is 0 Å². The van der Waals surface area contributed by atoms with E-state index >= 15 is 0 Å². The molecule has 0 aromatic heterocycles. The molecule has 1 heterocycles. The first kappa shape index (κ1) is 9.47. The summed E-state index contributed by atoms with van der Waals surface area (Å²) in [5, 5.41) is 5.53. The van der Waals surface area contributed by atoms with Gasteiger partial charge in [0, 0.05) is 12.6 Å². The maximum absolute atomic E-state index is 10.5. The van der Waals surface area contributed by atoms with Crippen LogP contribution in [-0.2, 0) is 0 Å². The lowest BCUT2D eigenvalue weighted by molar-refractivity contribution is 0.258. The third-order valence-electron chi connectivity index (χ3n) is 1.78. The predicted octanol–water partition coefficient (Wildman–Crippen LogP) is -1.12. The van der Waals surface area contributed by atoms with Gasteiger partial charge in [0.1, 0.15) is 0 Å². The molecule has 1 fully saturated rings. The normalized spacial score (nSPS) is 28.2. The van der Waals surface area contributed by atoms with Crippen molar-refractivity contribution in [3.63, 3.8) is 0 Å². The summed E-state index contributed by atoms with van der Waals surface area (Å²) in [5.41, 5.74) is 5.42. The Labute approximate surface area is 77.7 Å². The molecule has 64 valence electrons. The van der Waals surface area contributed by atoms with Crippen molar-refractivity contribution in [1.29, 1.82) is 0 Å². The van der Waals surface area contributed by atoms with E-state index in [1.807, 2.05) is 0 Å². The number of hydrogen-bond acceptors (Lipinski definition) is 3. The summed E-state index contributed by atoms with van der Waals surface area (Å²) < 4.78 is 0. The Kier molecular flexibility index (Phi) is 3.05. The zero-order valence-corrected chi connectivity index (χ0v) is 7.36. The summed E-state index contributed by atoms with van der Waals surface area (Å²) in [6, 6.07) is 0.0143. The van der Waals surface area contributed by atoms with E-state index < -0.39 is 5.81 Å². The first-order valence-corrected chi connectivity index (χ1v) is 4.10. The highest BCUT2D eigenvalue weighted by Crippen LogP contribution is 2.07. The molecule has 4 nitrogen and oxygen atoms in total. The molecule has 2 radical (unpaired) electrons. The third-order valence-corrected chi connectivity index (χ3v) is 2.19. The number of carbonyl (C=O) groups excluding carboxylic acids is 1. The molecule has 0 spiro atoms. The van der Waals surface area contributed by atoms with Crippen LogP contribution in [0.15, 0.2) is 0 Å². The summed E-state index contributed by atoms with van der Waals surface area (Å²) in [6.45, 7) is 0.511. The quantitative estimate of drug-likeness (QED) is 0.374. The highest BCUT2D eigenvalue weighted by atomic mass is 32.1. The summed E-state index contributed by atoms with van der Waals surface area (Å²) in [4.78, 5) is 11.1. The molecule has 0 aromatic carbocycles. The van der Waals surface area contributed by atoms with E-state index in [1.165, 1.54) is 0 Å². The standard InChI is InChI=1S/C6H10BN3OS/c7-6(11)10-4-1-3(2-8)9-5(4)12/h3-4H,1-2,8H2,(H,9,12)(H,10,11)/t3-,4+/m1/s1. The summed E-state index contributed by atoms with van der Waals surface area (Å²) in [6.07, 6.45) is 0.721. The van der Waals surface area contributed by atoms with Gasteiger partial charge in [0.2, 0.25) is 7.85 Å². The van der Waals surface area contributed by atoms with E-state index in [0.717, 1.165) is 6.42 Å². The van der Waals surface area contributed by atoms with E-state index in [-0.39, 0.29) is 12.1 Å². The van der Waals surface area contributed by atoms with Crippen LogP contribution in [0.4, 0.5) is 4.79 Å². The Morgan fingerprint density at radius 3 is 3.00 bits per heavy atom. The van der Waals surface area contributed by atoms with E-state index in [9.17, 15) is 4.79 Å². The second-order valence-corrected chi connectivity index (χ2v) is 3.18. The van der Waals surface area contributed by atoms with Gasteiger partial charge in [-0.2, -0.15) is 0 Å². The van der Waals surface area contributed by atoms with Crippen LogP contribution in [0.1, 0.15) is 6.42 Å². The Balaban J connectivity index is 2.46. The van der Waals surface area contributed by atoms with Gasteiger partial charge < -0.3 is 16.4 Å². The number of rotatable bonds is 2. The number of hydrogen-bond donors (Lipinski definition) is 3. The molecule has 2 atom stereocenters. The van der Waals surface area contributed by atoms with Gasteiger partial charge in [-0.3, -0.25) is 4.79 Å². The van der Waals surface area contributed by atoms with Crippen molar-refractivity contribution in [1.82, 2.24) is 10.6 Å². The zero-order chi connectivity index (χ0) is 9.14. The first-order valence-electron chi connectivity index (χ1n) is 3.70. The van der Waals surface area contributed by atoms with Gasteiger partial charge in [-0.15, -0.1) is 0 Å².